The molecule has 0 unspecified atom stereocenters. The maximum Gasteiger partial charge on any atom is 0.306 e. The van der Waals surface area contributed by atoms with Crippen LogP contribution in [-0.2, 0) is 25.5 Å². The Bertz CT molecular complexity index is 828. The van der Waals surface area contributed by atoms with Crippen LogP contribution in [0.2, 0.25) is 0 Å². The van der Waals surface area contributed by atoms with Crippen LogP contribution in [0.1, 0.15) is 24.8 Å². The summed E-state index contributed by atoms with van der Waals surface area (Å²) in [5, 5.41) is 5.63. The number of rotatable bonds is 12. The average Bonchev–Trinajstić information content (AvgIpc) is 2.77. The highest BCUT2D eigenvalue weighted by Crippen LogP contribution is 2.15. The van der Waals surface area contributed by atoms with Crippen molar-refractivity contribution in [3.8, 4) is 5.75 Å². The summed E-state index contributed by atoms with van der Waals surface area (Å²) in [4.78, 5) is 23.8. The lowest BCUT2D eigenvalue weighted by Crippen LogP contribution is -2.34. The number of benzene rings is 2. The Labute approximate surface area is 188 Å². The van der Waals surface area contributed by atoms with Gasteiger partial charge in [-0.15, -0.1) is 0 Å². The fourth-order valence-corrected chi connectivity index (χ4v) is 2.86. The lowest BCUT2D eigenvalue weighted by atomic mass is 10.1. The number of nitrogens with one attached hydrogen (secondary N) is 2. The smallest absolute Gasteiger partial charge is 0.306 e. The lowest BCUT2D eigenvalue weighted by molar-refractivity contribution is -0.145. The van der Waals surface area contributed by atoms with Gasteiger partial charge in [0.1, 0.15) is 12.4 Å². The minimum atomic E-state index is -0.397. The zero-order valence-corrected chi connectivity index (χ0v) is 18.4. The van der Waals surface area contributed by atoms with E-state index in [1.165, 1.54) is 5.56 Å². The van der Waals surface area contributed by atoms with Gasteiger partial charge in [-0.25, -0.2) is 0 Å². The van der Waals surface area contributed by atoms with Gasteiger partial charge >= 0.3 is 5.97 Å². The van der Waals surface area contributed by atoms with Crippen molar-refractivity contribution in [2.75, 3.05) is 32.2 Å². The maximum atomic E-state index is 12.0. The zero-order valence-electron chi connectivity index (χ0n) is 17.6. The van der Waals surface area contributed by atoms with E-state index in [-0.39, 0.29) is 23.9 Å². The predicted molar refractivity (Wildman–Crippen MR) is 123 cm³/mol. The third-order valence-electron chi connectivity index (χ3n) is 4.19. The van der Waals surface area contributed by atoms with Crippen LogP contribution in [0.5, 0.6) is 5.75 Å². The highest BCUT2D eigenvalue weighted by atomic mass is 32.1. The van der Waals surface area contributed by atoms with E-state index in [0.717, 1.165) is 12.8 Å². The molecule has 8 heteroatoms. The molecule has 0 saturated heterocycles. The number of amides is 1. The molecule has 2 N–H and O–H groups in total. The largest absolute Gasteiger partial charge is 0.491 e. The molecule has 0 heterocycles. The van der Waals surface area contributed by atoms with Crippen molar-refractivity contribution >= 4 is 34.9 Å². The maximum absolute atomic E-state index is 12.0. The fourth-order valence-electron chi connectivity index (χ4n) is 2.62. The normalized spacial score (nSPS) is 10.2. The average molecular weight is 445 g/mol. The van der Waals surface area contributed by atoms with E-state index in [2.05, 4.69) is 10.6 Å². The van der Waals surface area contributed by atoms with Crippen molar-refractivity contribution in [2.45, 2.75) is 25.7 Å². The fraction of sp³-hybridized carbons (Fsp3) is 0.348. The van der Waals surface area contributed by atoms with E-state index in [9.17, 15) is 9.59 Å². The molecule has 0 aromatic heterocycles. The Kier molecular flexibility index (Phi) is 11.1. The van der Waals surface area contributed by atoms with E-state index in [1.807, 2.05) is 30.3 Å². The number of anilines is 1. The third-order valence-corrected chi connectivity index (χ3v) is 4.40. The first-order chi connectivity index (χ1) is 15.1. The number of carbonyl (C=O) groups is 2. The molecule has 0 aliphatic carbocycles. The Balaban J connectivity index is 1.58. The first kappa shape index (κ1) is 24.3. The SMILES string of the molecule is COCCOc1ccc(NC(=S)NC(=O)CCC(=O)OCCCc2ccccc2)cc1. The second-order valence-corrected chi connectivity index (χ2v) is 7.09. The van der Waals surface area contributed by atoms with Gasteiger partial charge in [-0.05, 0) is 54.9 Å². The molecular weight excluding hydrogens is 416 g/mol. The summed E-state index contributed by atoms with van der Waals surface area (Å²) in [5.41, 5.74) is 1.91. The van der Waals surface area contributed by atoms with Crippen LogP contribution in [0.25, 0.3) is 0 Å². The zero-order chi connectivity index (χ0) is 22.3. The molecule has 0 atom stereocenters. The van der Waals surface area contributed by atoms with E-state index < -0.39 is 5.97 Å². The second-order valence-electron chi connectivity index (χ2n) is 6.68. The van der Waals surface area contributed by atoms with Crippen LogP contribution >= 0.6 is 12.2 Å². The first-order valence-electron chi connectivity index (χ1n) is 10.1. The van der Waals surface area contributed by atoms with E-state index in [1.54, 1.807) is 31.4 Å². The quantitative estimate of drug-likeness (QED) is 0.294. The van der Waals surface area contributed by atoms with Crippen LogP contribution in [-0.4, -0.2) is 43.9 Å². The van der Waals surface area contributed by atoms with Crippen molar-refractivity contribution in [3.05, 3.63) is 60.2 Å². The Morgan fingerprint density at radius 2 is 1.68 bits per heavy atom. The summed E-state index contributed by atoms with van der Waals surface area (Å²) in [6, 6.07) is 17.1. The molecule has 166 valence electrons. The highest BCUT2D eigenvalue weighted by molar-refractivity contribution is 7.80. The van der Waals surface area contributed by atoms with Crippen LogP contribution in [0.3, 0.4) is 0 Å². The molecule has 31 heavy (non-hydrogen) atoms. The van der Waals surface area contributed by atoms with Crippen LogP contribution < -0.4 is 15.4 Å². The Hall–Kier alpha value is -2.97. The number of hydrogen-bond acceptors (Lipinski definition) is 6. The number of esters is 1. The molecule has 0 aliphatic heterocycles. The van der Waals surface area contributed by atoms with Crippen molar-refractivity contribution in [1.29, 1.82) is 0 Å². The van der Waals surface area contributed by atoms with Gasteiger partial charge in [0.2, 0.25) is 5.91 Å². The topological polar surface area (TPSA) is 85.9 Å². The van der Waals surface area contributed by atoms with E-state index in [0.29, 0.717) is 31.3 Å². The summed E-state index contributed by atoms with van der Waals surface area (Å²) in [5.74, 6) is -0.0377. The van der Waals surface area contributed by atoms with Gasteiger partial charge in [0.25, 0.3) is 0 Å². The van der Waals surface area contributed by atoms with Gasteiger partial charge in [0.05, 0.1) is 19.6 Å². The molecule has 2 aromatic carbocycles. The van der Waals surface area contributed by atoms with Gasteiger partial charge in [0.15, 0.2) is 5.11 Å². The van der Waals surface area contributed by atoms with E-state index in [4.69, 9.17) is 26.4 Å². The number of aryl methyl sites for hydroxylation is 1. The second kappa shape index (κ2) is 14.1. The van der Waals surface area contributed by atoms with Crippen molar-refractivity contribution in [1.82, 2.24) is 5.32 Å². The minimum absolute atomic E-state index is 0.00557. The number of carbonyl (C=O) groups excluding carboxylic acids is 2. The number of hydrogen-bond donors (Lipinski definition) is 2. The molecule has 0 fully saturated rings. The Morgan fingerprint density at radius 3 is 2.39 bits per heavy atom. The summed E-state index contributed by atoms with van der Waals surface area (Å²) >= 11 is 5.14. The van der Waals surface area contributed by atoms with Gasteiger partial charge in [-0.3, -0.25) is 9.59 Å². The molecule has 2 aromatic rings. The number of thiocarbonyl (C=S) groups is 1. The molecule has 0 radical (unpaired) electrons. The summed E-state index contributed by atoms with van der Waals surface area (Å²) in [6.45, 7) is 1.31. The molecule has 0 saturated carbocycles. The van der Waals surface area contributed by atoms with Crippen LogP contribution in [0.15, 0.2) is 54.6 Å². The molecular formula is C23H28N2O5S. The Morgan fingerprint density at radius 1 is 0.935 bits per heavy atom. The van der Waals surface area contributed by atoms with E-state index >= 15 is 0 Å². The van der Waals surface area contributed by atoms with Gasteiger partial charge in [-0.2, -0.15) is 0 Å². The van der Waals surface area contributed by atoms with Gasteiger partial charge in [0, 0.05) is 19.2 Å². The van der Waals surface area contributed by atoms with Crippen molar-refractivity contribution < 1.29 is 23.8 Å². The summed E-state index contributed by atoms with van der Waals surface area (Å²) in [6.07, 6.45) is 1.60. The summed E-state index contributed by atoms with van der Waals surface area (Å²) < 4.78 is 15.6. The van der Waals surface area contributed by atoms with Crippen LogP contribution in [0, 0.1) is 0 Å². The predicted octanol–water partition coefficient (Wildman–Crippen LogP) is 3.48. The number of methoxy groups -OCH3 is 1. The highest BCUT2D eigenvalue weighted by Gasteiger charge is 2.10. The molecule has 0 spiro atoms. The van der Waals surface area contributed by atoms with Crippen molar-refractivity contribution in [3.63, 3.8) is 0 Å². The summed E-state index contributed by atoms with van der Waals surface area (Å²) in [7, 11) is 1.61. The minimum Gasteiger partial charge on any atom is -0.491 e. The molecule has 0 aliphatic rings. The molecule has 7 nitrogen and oxygen atoms in total. The van der Waals surface area contributed by atoms with Gasteiger partial charge < -0.3 is 24.8 Å². The standard InChI is InChI=1S/C23H28N2O5S/c1-28-16-17-29-20-11-9-19(10-12-20)24-23(31)25-21(26)13-14-22(27)30-15-5-8-18-6-3-2-4-7-18/h2-4,6-7,9-12H,5,8,13-17H2,1H3,(H2,24,25,26,31). The lowest BCUT2D eigenvalue weighted by Gasteiger charge is -2.11. The van der Waals surface area contributed by atoms with Gasteiger partial charge in [-0.1, -0.05) is 30.3 Å². The number of ether oxygens (including phenoxy) is 3. The molecule has 0 bridgehead atoms. The third kappa shape index (κ3) is 10.6. The first-order valence-corrected chi connectivity index (χ1v) is 10.5. The molecule has 2 rings (SSSR count). The molecule has 1 amide bonds. The van der Waals surface area contributed by atoms with Crippen molar-refractivity contribution in [2.24, 2.45) is 0 Å². The monoisotopic (exact) mass is 444 g/mol. The van der Waals surface area contributed by atoms with Crippen LogP contribution in [0.4, 0.5) is 5.69 Å².